The molecule has 2 aliphatic heterocycles. The predicted octanol–water partition coefficient (Wildman–Crippen LogP) is 6.75. The lowest BCUT2D eigenvalue weighted by atomic mass is 9.83. The minimum absolute atomic E-state index is 0.153. The first-order valence-electron chi connectivity index (χ1n) is 11.2. The number of fused-ring (bicyclic) bond motifs is 2. The summed E-state index contributed by atoms with van der Waals surface area (Å²) in [7, 11) is 0. The lowest BCUT2D eigenvalue weighted by Crippen LogP contribution is -2.53. The first kappa shape index (κ1) is 21.0. The van der Waals surface area contributed by atoms with Crippen LogP contribution in [0.1, 0.15) is 90.2 Å². The van der Waals surface area contributed by atoms with Crippen LogP contribution in [0.2, 0.25) is 0 Å². The van der Waals surface area contributed by atoms with E-state index in [1.165, 1.54) is 55.2 Å². The molecule has 0 N–H and O–H groups in total. The van der Waals surface area contributed by atoms with E-state index in [-0.39, 0.29) is 18.2 Å². The molecule has 2 aliphatic rings. The Labute approximate surface area is 171 Å². The van der Waals surface area contributed by atoms with Crippen LogP contribution in [-0.4, -0.2) is 28.7 Å². The summed E-state index contributed by atoms with van der Waals surface area (Å²) in [4.78, 5) is 14.7. The molecule has 0 spiro atoms. The van der Waals surface area contributed by atoms with E-state index < -0.39 is 5.60 Å². The number of amides is 1. The largest absolute Gasteiger partial charge is 0.444 e. The fourth-order valence-electron chi connectivity index (χ4n) is 4.48. The minimum atomic E-state index is -0.442. The van der Waals surface area contributed by atoms with Crippen LogP contribution in [-0.2, 0) is 11.2 Å². The quantitative estimate of drug-likeness (QED) is 0.508. The molecule has 3 nitrogen and oxygen atoms in total. The second kappa shape index (κ2) is 9.15. The fourth-order valence-corrected chi connectivity index (χ4v) is 4.48. The molecular weight excluding hydrogens is 346 g/mol. The van der Waals surface area contributed by atoms with Gasteiger partial charge in [-0.1, -0.05) is 56.5 Å². The lowest BCUT2D eigenvalue weighted by molar-refractivity contribution is 0.0000852. The SMILES string of the molecule is CCCCCCc1ccc(C2=CC3CCCC(C2)N3C(=O)OC(C)(C)C)cc1. The Morgan fingerprint density at radius 3 is 2.50 bits per heavy atom. The topological polar surface area (TPSA) is 29.5 Å². The van der Waals surface area contributed by atoms with Gasteiger partial charge in [0.05, 0.1) is 6.04 Å². The molecule has 0 radical (unpaired) electrons. The molecule has 2 heterocycles. The summed E-state index contributed by atoms with van der Waals surface area (Å²) in [5.41, 5.74) is 3.71. The lowest BCUT2D eigenvalue weighted by Gasteiger charge is -2.45. The van der Waals surface area contributed by atoms with Crippen molar-refractivity contribution in [3.63, 3.8) is 0 Å². The van der Waals surface area contributed by atoms with Gasteiger partial charge in [0.1, 0.15) is 5.60 Å². The van der Waals surface area contributed by atoms with E-state index in [0.29, 0.717) is 0 Å². The van der Waals surface area contributed by atoms with Crippen LogP contribution in [0.4, 0.5) is 4.79 Å². The van der Waals surface area contributed by atoms with Gasteiger partial charge in [0.15, 0.2) is 0 Å². The molecule has 0 aliphatic carbocycles. The third kappa shape index (κ3) is 5.40. The Morgan fingerprint density at radius 1 is 1.11 bits per heavy atom. The van der Waals surface area contributed by atoms with Crippen molar-refractivity contribution in [1.29, 1.82) is 0 Å². The van der Waals surface area contributed by atoms with Crippen molar-refractivity contribution in [1.82, 2.24) is 4.90 Å². The number of carbonyl (C=O) groups is 1. The first-order chi connectivity index (χ1) is 13.4. The number of piperidine rings is 1. The third-order valence-corrected chi connectivity index (χ3v) is 5.89. The number of unbranched alkanes of at least 4 members (excludes halogenated alkanes) is 3. The van der Waals surface area contributed by atoms with E-state index in [9.17, 15) is 4.79 Å². The number of ether oxygens (including phenoxy) is 1. The molecule has 1 aromatic carbocycles. The number of benzene rings is 1. The highest BCUT2D eigenvalue weighted by atomic mass is 16.6. The van der Waals surface area contributed by atoms with Crippen LogP contribution in [0.3, 0.4) is 0 Å². The maximum absolute atomic E-state index is 12.7. The summed E-state index contributed by atoms with van der Waals surface area (Å²) in [6.07, 6.45) is 12.8. The van der Waals surface area contributed by atoms with Gasteiger partial charge >= 0.3 is 6.09 Å². The van der Waals surface area contributed by atoms with E-state index in [1.54, 1.807) is 0 Å². The van der Waals surface area contributed by atoms with E-state index in [1.807, 2.05) is 25.7 Å². The molecule has 0 saturated carbocycles. The molecule has 1 saturated heterocycles. The summed E-state index contributed by atoms with van der Waals surface area (Å²) in [6.45, 7) is 8.08. The van der Waals surface area contributed by atoms with E-state index in [0.717, 1.165) is 19.3 Å². The molecule has 154 valence electrons. The van der Waals surface area contributed by atoms with Crippen LogP contribution in [0.25, 0.3) is 5.57 Å². The van der Waals surface area contributed by atoms with Crippen molar-refractivity contribution >= 4 is 11.7 Å². The van der Waals surface area contributed by atoms with Gasteiger partial charge in [0.25, 0.3) is 0 Å². The average Bonchev–Trinajstić information content (AvgIpc) is 2.63. The normalized spacial score (nSPS) is 22.0. The van der Waals surface area contributed by atoms with Gasteiger partial charge in [0, 0.05) is 6.04 Å². The van der Waals surface area contributed by atoms with Gasteiger partial charge in [-0.3, -0.25) is 4.90 Å². The van der Waals surface area contributed by atoms with Crippen LogP contribution < -0.4 is 0 Å². The summed E-state index contributed by atoms with van der Waals surface area (Å²) in [5, 5.41) is 0. The number of carbonyl (C=O) groups excluding carboxylic acids is 1. The molecule has 3 heteroatoms. The van der Waals surface area contributed by atoms with Gasteiger partial charge in [-0.15, -0.1) is 0 Å². The molecule has 2 bridgehead atoms. The maximum Gasteiger partial charge on any atom is 0.411 e. The molecular formula is C25H37NO2. The summed E-state index contributed by atoms with van der Waals surface area (Å²) >= 11 is 0. The fraction of sp³-hybridized carbons (Fsp3) is 0.640. The standard InChI is InChI=1S/C25H37NO2/c1-5-6-7-8-10-19-13-15-20(16-14-19)21-17-22-11-9-12-23(18-21)26(22)24(27)28-25(2,3)4/h13-17,22-23H,5-12,18H2,1-4H3. The van der Waals surface area contributed by atoms with E-state index in [4.69, 9.17) is 4.74 Å². The number of hydrogen-bond donors (Lipinski definition) is 0. The summed E-state index contributed by atoms with van der Waals surface area (Å²) in [5.74, 6) is 0. The van der Waals surface area contributed by atoms with Crippen LogP contribution in [0, 0.1) is 0 Å². The van der Waals surface area contributed by atoms with Crippen LogP contribution in [0.5, 0.6) is 0 Å². The minimum Gasteiger partial charge on any atom is -0.444 e. The van der Waals surface area contributed by atoms with Gasteiger partial charge in [-0.05, 0) is 76.0 Å². The van der Waals surface area contributed by atoms with Gasteiger partial charge in [0.2, 0.25) is 0 Å². The molecule has 2 unspecified atom stereocenters. The zero-order valence-corrected chi connectivity index (χ0v) is 18.2. The molecule has 3 rings (SSSR count). The molecule has 2 atom stereocenters. The highest BCUT2D eigenvalue weighted by Crippen LogP contribution is 2.38. The van der Waals surface area contributed by atoms with Gasteiger partial charge < -0.3 is 4.74 Å². The molecule has 1 aromatic rings. The second-order valence-corrected chi connectivity index (χ2v) is 9.44. The zero-order valence-electron chi connectivity index (χ0n) is 18.2. The Bertz CT molecular complexity index is 683. The first-order valence-corrected chi connectivity index (χ1v) is 11.2. The molecule has 0 aromatic heterocycles. The van der Waals surface area contributed by atoms with Gasteiger partial charge in [-0.25, -0.2) is 4.79 Å². The van der Waals surface area contributed by atoms with Gasteiger partial charge in [-0.2, -0.15) is 0 Å². The highest BCUT2D eigenvalue weighted by molar-refractivity contribution is 5.74. The van der Waals surface area contributed by atoms with Crippen molar-refractivity contribution in [3.8, 4) is 0 Å². The van der Waals surface area contributed by atoms with Crippen LogP contribution >= 0.6 is 0 Å². The number of hydrogen-bond acceptors (Lipinski definition) is 2. The zero-order chi connectivity index (χ0) is 20.1. The van der Waals surface area contributed by atoms with Crippen molar-refractivity contribution in [2.75, 3.05) is 0 Å². The maximum atomic E-state index is 12.7. The van der Waals surface area contributed by atoms with Crippen molar-refractivity contribution < 1.29 is 9.53 Å². The Morgan fingerprint density at radius 2 is 1.86 bits per heavy atom. The smallest absolute Gasteiger partial charge is 0.411 e. The Balaban J connectivity index is 1.68. The highest BCUT2D eigenvalue weighted by Gasteiger charge is 2.39. The van der Waals surface area contributed by atoms with Crippen molar-refractivity contribution in [3.05, 3.63) is 41.5 Å². The third-order valence-electron chi connectivity index (χ3n) is 5.89. The van der Waals surface area contributed by atoms with Crippen LogP contribution in [0.15, 0.2) is 30.3 Å². The van der Waals surface area contributed by atoms with E-state index >= 15 is 0 Å². The predicted molar refractivity (Wildman–Crippen MR) is 116 cm³/mol. The van der Waals surface area contributed by atoms with E-state index in [2.05, 4.69) is 37.3 Å². The molecule has 1 fully saturated rings. The monoisotopic (exact) mass is 383 g/mol. The summed E-state index contributed by atoms with van der Waals surface area (Å²) < 4.78 is 5.68. The van der Waals surface area contributed by atoms with Crippen molar-refractivity contribution in [2.45, 2.75) is 103 Å². The second-order valence-electron chi connectivity index (χ2n) is 9.44. The number of nitrogens with zero attached hydrogens (tertiary/aromatic N) is 1. The number of aryl methyl sites for hydroxylation is 1. The molecule has 1 amide bonds. The summed E-state index contributed by atoms with van der Waals surface area (Å²) in [6, 6.07) is 9.57. The average molecular weight is 384 g/mol. The Hall–Kier alpha value is -1.77. The molecule has 28 heavy (non-hydrogen) atoms. The Kier molecular flexibility index (Phi) is 6.85. The number of rotatable bonds is 6. The van der Waals surface area contributed by atoms with Crippen molar-refractivity contribution in [2.24, 2.45) is 0 Å².